The van der Waals surface area contributed by atoms with Crippen molar-refractivity contribution in [1.82, 2.24) is 0 Å². The van der Waals surface area contributed by atoms with Gasteiger partial charge in [0.25, 0.3) is 0 Å². The molecule has 27 rings (SSSR count). The van der Waals surface area contributed by atoms with Crippen molar-refractivity contribution >= 4 is 146 Å². The van der Waals surface area contributed by atoms with Gasteiger partial charge in [0.05, 0.1) is 216 Å². The standard InChI is InChI=1S/2C13H22O3Si.4C12H20O4Si.C12H20O3Si.2C11H18O4Si/c14-12-13(2-4-16-12)8-9-6-10(13)11(7-9)15-3-1-5-17;14-12-7-13(8-16-12)6-9-4-10(13)11(5-9)15-2-1-3-17;13-11-12(2-4-15-11)7-9-8(6-10(12)16-9)14-3-1-5-17;13-11-12(2-4-15-11)7-8-6-9(10(12)16-8)14-3-1-5-17;13-11-6-12(7-15-11)5-9-8(4-10(12)16-9)14-2-1-3-17;13-10-6-12(7-15-10)5-8-4-9(11(12)16-8)14-2-1-3-17;13-12-11-8-4-7(9(11)6-15-12)5-10(8)14-2-1-3-16;12-11-9-6(5-14-11)10-8(4-7(9)15-10)13-2-1-3-16;12-11-9-6(5-14-11)7-4-8(10(9)15-7)13-2-1-3-16/h2*9-11H,1-8H2,17H3;3*8-10H,1-7H2,17H3;8-9,11H,1-7H2,17H3;7-11H,1-6H2,16H3;2*6-10H,1-5H2,16H3. The van der Waals surface area contributed by atoms with E-state index in [9.17, 15) is 43.2 Å². The average Bonchev–Trinajstić information content (AvgIpc) is 1.56. The fourth-order valence-electron chi connectivity index (χ4n) is 32.0. The molecule has 6 aliphatic carbocycles. The van der Waals surface area contributed by atoms with E-state index in [1.807, 2.05) is 0 Å². The predicted molar refractivity (Wildman–Crippen MR) is 580 cm³/mol. The predicted octanol–water partition coefficient (Wildman–Crippen LogP) is 1.36. The normalized spacial score (nSPS) is 44.2. The van der Waals surface area contributed by atoms with Crippen LogP contribution in [0.15, 0.2) is 0 Å². The van der Waals surface area contributed by atoms with E-state index in [0.29, 0.717) is 138 Å². The molecule has 27 fully saturated rings. The first-order valence-corrected chi connectivity index (χ1v) is 72.6. The highest BCUT2D eigenvalue weighted by Gasteiger charge is 2.71. The zero-order valence-corrected chi connectivity index (χ0v) is 109. The van der Waals surface area contributed by atoms with E-state index in [4.69, 9.17) is 114 Å². The summed E-state index contributed by atoms with van der Waals surface area (Å²) in [7, 11) is 11.3. The second kappa shape index (κ2) is 51.7. The summed E-state index contributed by atoms with van der Waals surface area (Å²) in [5.74, 6) is 4.71. The Morgan fingerprint density at radius 3 is 1.18 bits per heavy atom. The number of carbonyl (C=O) groups excluding carboxylic acids is 9. The maximum absolute atomic E-state index is 12.0. The summed E-state index contributed by atoms with van der Waals surface area (Å²) < 4.78 is 135. The van der Waals surface area contributed by atoms with Gasteiger partial charge in [0.15, 0.2) is 0 Å². The monoisotopic (exact) mass is 2260 g/mol. The topological polar surface area (TPSA) is 375 Å². The van der Waals surface area contributed by atoms with Crippen molar-refractivity contribution in [3.05, 3.63) is 0 Å². The van der Waals surface area contributed by atoms with E-state index in [1.54, 1.807) is 0 Å². The molecule has 846 valence electrons. The molecule has 33 nitrogen and oxygen atoms in total. The zero-order valence-electron chi connectivity index (χ0n) is 91.5. The van der Waals surface area contributed by atoms with Crippen LogP contribution in [0.5, 0.6) is 0 Å². The molecule has 42 heteroatoms. The van der Waals surface area contributed by atoms with E-state index in [2.05, 4.69) is 0 Å². The molecular weight excluding hydrogens is 2080 g/mol. The van der Waals surface area contributed by atoms with Crippen LogP contribution in [0.2, 0.25) is 54.4 Å². The second-order valence-electron chi connectivity index (χ2n) is 49.4. The molecule has 6 spiro atoms. The van der Waals surface area contributed by atoms with Crippen molar-refractivity contribution in [2.75, 3.05) is 119 Å². The third-order valence-electron chi connectivity index (χ3n) is 39.8. The summed E-state index contributed by atoms with van der Waals surface area (Å²) in [5.41, 5.74) is -0.748. The van der Waals surface area contributed by atoms with E-state index >= 15 is 0 Å². The Hall–Kier alpha value is -3.42. The molecule has 27 aliphatic rings. The molecule has 0 aromatic rings. The van der Waals surface area contributed by atoms with E-state index < -0.39 is 0 Å². The minimum Gasteiger partial charge on any atom is -0.465 e. The quantitative estimate of drug-likeness (QED) is 0.0370. The van der Waals surface area contributed by atoms with Gasteiger partial charge in [-0.2, -0.15) is 0 Å². The molecule has 0 radical (unpaired) electrons. The van der Waals surface area contributed by atoms with E-state index in [-0.39, 0.29) is 220 Å². The zero-order chi connectivity index (χ0) is 105. The number of rotatable bonds is 36. The molecule has 18 bridgehead atoms. The minimum atomic E-state index is -0.367. The van der Waals surface area contributed by atoms with Gasteiger partial charge in [-0.15, -0.1) is 0 Å². The van der Waals surface area contributed by atoms with Crippen molar-refractivity contribution in [1.29, 1.82) is 0 Å². The number of carbonyl (C=O) groups is 9. The van der Waals surface area contributed by atoms with Gasteiger partial charge in [0, 0.05) is 243 Å². The summed E-state index contributed by atoms with van der Waals surface area (Å²) in [6.45, 7) is 13.0. The maximum atomic E-state index is 12.0. The fraction of sp³-hybridized carbons (Fsp3) is 0.917. The van der Waals surface area contributed by atoms with Crippen LogP contribution >= 0.6 is 0 Å². The minimum absolute atomic E-state index is 0.00318. The Kier molecular flexibility index (Phi) is 39.5. The Morgan fingerprint density at radius 2 is 0.687 bits per heavy atom. The van der Waals surface area contributed by atoms with Crippen molar-refractivity contribution in [2.45, 2.75) is 394 Å². The highest BCUT2D eigenvalue weighted by Crippen LogP contribution is 2.65. The fourth-order valence-corrected chi connectivity index (χ4v) is 34.6. The lowest BCUT2D eigenvalue weighted by molar-refractivity contribution is -0.153. The maximum Gasteiger partial charge on any atom is 0.315 e. The number of fused-ring (bicyclic) bond motifs is 33. The highest BCUT2D eigenvalue weighted by atomic mass is 28.2. The summed E-state index contributed by atoms with van der Waals surface area (Å²) in [6.07, 6.45) is 37.1. The van der Waals surface area contributed by atoms with Crippen molar-refractivity contribution in [3.8, 4) is 0 Å². The van der Waals surface area contributed by atoms with Gasteiger partial charge in [0.1, 0.15) is 24.7 Å². The number of hydrogen-bond donors (Lipinski definition) is 0. The third-order valence-corrected chi connectivity index (χ3v) is 46.2. The van der Waals surface area contributed by atoms with Crippen LogP contribution in [0.25, 0.3) is 0 Å². The third kappa shape index (κ3) is 24.3. The molecule has 39 unspecified atom stereocenters. The summed E-state index contributed by atoms with van der Waals surface area (Å²) in [5, 5.41) is 0. The molecular formula is C108H180O33Si9. The Balaban J connectivity index is 0.000000106. The Bertz CT molecular complexity index is 4360. The van der Waals surface area contributed by atoms with Gasteiger partial charge in [0.2, 0.25) is 0 Å². The van der Waals surface area contributed by atoms with Crippen LogP contribution in [-0.2, 0) is 157 Å². The van der Waals surface area contributed by atoms with Gasteiger partial charge >= 0.3 is 53.7 Å². The number of esters is 9. The molecule has 6 saturated carbocycles. The molecule has 0 N–H and O–H groups in total. The summed E-state index contributed by atoms with van der Waals surface area (Å²) in [4.78, 5) is 104. The first-order chi connectivity index (χ1) is 72.9. The summed E-state index contributed by atoms with van der Waals surface area (Å²) in [6, 6.07) is 11.7. The lowest BCUT2D eigenvalue weighted by atomic mass is 9.71. The first-order valence-electron chi connectivity index (χ1n) is 59.9. The highest BCUT2D eigenvalue weighted by molar-refractivity contribution is 6.10. The van der Waals surface area contributed by atoms with Gasteiger partial charge < -0.3 is 114 Å². The molecule has 21 heterocycles. The van der Waals surface area contributed by atoms with Crippen molar-refractivity contribution in [3.63, 3.8) is 0 Å². The van der Waals surface area contributed by atoms with E-state index in [0.717, 1.165) is 187 Å². The van der Waals surface area contributed by atoms with Crippen LogP contribution in [0.4, 0.5) is 0 Å². The van der Waals surface area contributed by atoms with Crippen LogP contribution < -0.4 is 0 Å². The van der Waals surface area contributed by atoms with Gasteiger partial charge in [-0.3, -0.25) is 43.2 Å². The molecule has 150 heavy (non-hydrogen) atoms. The van der Waals surface area contributed by atoms with Crippen LogP contribution in [0, 0.1) is 104 Å². The van der Waals surface area contributed by atoms with Gasteiger partial charge in [-0.25, -0.2) is 0 Å². The van der Waals surface area contributed by atoms with Crippen LogP contribution in [-0.4, -0.2) is 393 Å². The SMILES string of the molecule is O=C1CC2(CO1)CC1CC(OCCC[SiH3])C2C1.O=C1CC2(CO1)CC1CC(OCCC[SiH3])C2O1.O=C1CC2(CO1)CC1OC2CC1OCCC[SiH3].O=C1OCC2C3CC(OCCC[SiH3])C(C3)C12.O=C1OCC2C3CC(OCCC[SiH3])C(O3)C12.O=C1OCC2C3OC(CC3OCCC[SiH3])C12.O=C1OCCC12CC1CC(OCCC[SiH3])C2C1.O=C1OCCC12CC1CC(OCCC[SiH3])C2O1.O=C1OCCC12CC1OC2CC1OCCC[SiH3]. The second-order valence-corrected chi connectivity index (χ2v) is 58.4. The number of cyclic esters (lactones) is 9. The Morgan fingerprint density at radius 1 is 0.267 bits per heavy atom. The first kappa shape index (κ1) is 115. The van der Waals surface area contributed by atoms with Crippen molar-refractivity contribution in [2.24, 2.45) is 104 Å². The molecule has 21 saturated heterocycles. The number of hydrogen-bond acceptors (Lipinski definition) is 33. The Labute approximate surface area is 913 Å². The van der Waals surface area contributed by atoms with Crippen molar-refractivity contribution < 1.29 is 157 Å². The van der Waals surface area contributed by atoms with Crippen LogP contribution in [0.1, 0.15) is 212 Å². The lowest BCUT2D eigenvalue weighted by Crippen LogP contribution is -2.45. The lowest BCUT2D eigenvalue weighted by Gasteiger charge is -2.36. The summed E-state index contributed by atoms with van der Waals surface area (Å²) >= 11 is 0. The van der Waals surface area contributed by atoms with Gasteiger partial charge in [-0.1, -0.05) is 54.4 Å². The molecule has 0 aromatic carbocycles. The number of ether oxygens (including phenoxy) is 24. The molecule has 21 aliphatic heterocycles. The molecule has 0 amide bonds. The molecule has 39 atom stereocenters. The average molecular weight is 2260 g/mol. The van der Waals surface area contributed by atoms with E-state index in [1.165, 1.54) is 217 Å². The smallest absolute Gasteiger partial charge is 0.315 e. The molecule has 0 aromatic heterocycles. The largest absolute Gasteiger partial charge is 0.465 e. The van der Waals surface area contributed by atoms with Gasteiger partial charge in [-0.05, 0) is 171 Å². The van der Waals surface area contributed by atoms with Crippen LogP contribution in [0.3, 0.4) is 0 Å².